The van der Waals surface area contributed by atoms with Crippen LogP contribution in [0, 0.1) is 0 Å². The number of aryl methyl sites for hydroxylation is 4. The fourth-order valence-electron chi connectivity index (χ4n) is 11.7. The van der Waals surface area contributed by atoms with Crippen LogP contribution in [0.15, 0.2) is 121 Å². The topological polar surface area (TPSA) is 80.3 Å². The van der Waals surface area contributed by atoms with E-state index in [0.717, 1.165) is 181 Å². The van der Waals surface area contributed by atoms with Crippen molar-refractivity contribution in [2.24, 2.45) is 0 Å². The molecule has 0 radical (unpaired) electrons. The molecule has 10 rings (SSSR count). The average molecular weight is 1070 g/mol. The number of hydrogen-bond donors (Lipinski definition) is 0. The molecule has 4 aliphatic heterocycles. The van der Waals surface area contributed by atoms with E-state index < -0.39 is 0 Å². The van der Waals surface area contributed by atoms with Crippen LogP contribution in [-0.2, 0) is 96.4 Å². The van der Waals surface area contributed by atoms with Gasteiger partial charge in [0.2, 0.25) is 0 Å². The third-order valence-electron chi connectivity index (χ3n) is 16.1. The molecule has 4 atom stereocenters. The quantitative estimate of drug-likeness (QED) is 0.0585. The van der Waals surface area contributed by atoms with E-state index in [0.29, 0.717) is 26.4 Å². The summed E-state index contributed by atoms with van der Waals surface area (Å²) >= 11 is 0. The average Bonchev–Trinajstić information content (AvgIpc) is 3.57. The third kappa shape index (κ3) is 15.1. The molecule has 6 aromatic carbocycles. The standard InChI is InChI=1S/C69H86N2O8/c1-5-56-42-54(43-57(6-2)68(56)70(60-29-21-50(22-30-60)46-76-64-17-9-13-37-72-64)61-31-23-51(24-32-61)47-77-65-18-10-14-38-73-65)41-55-44-58(7-3)69(59(8-4)45-55)71(62-33-25-52(26-34-62)48-78-66-19-11-15-39-74-66)63-35-27-53(28-36-63)49-79-67-20-12-16-40-75-67/h21-36,42-45,64-67H,5-20,37-41,46-49H2,1-4H3. The summed E-state index contributed by atoms with van der Waals surface area (Å²) in [5.74, 6) is 0. The van der Waals surface area contributed by atoms with Crippen LogP contribution in [0.5, 0.6) is 0 Å². The SMILES string of the molecule is CCc1cc(Cc2cc(CC)c(N(c3ccc(COC4CCCCO4)cc3)c3ccc(COC4CCCCO4)cc3)c(CC)c2)cc(CC)c1N(c1ccc(COC2CCCCO2)cc1)c1ccc(COC2CCCCO2)cc1. The van der Waals surface area contributed by atoms with Crippen LogP contribution in [0.4, 0.5) is 34.1 Å². The van der Waals surface area contributed by atoms with Crippen molar-refractivity contribution in [2.45, 2.75) is 188 Å². The van der Waals surface area contributed by atoms with Crippen molar-refractivity contribution in [1.82, 2.24) is 0 Å². The van der Waals surface area contributed by atoms with Crippen LogP contribution < -0.4 is 9.80 Å². The molecule has 420 valence electrons. The second-order valence-corrected chi connectivity index (χ2v) is 21.9. The molecule has 4 unspecified atom stereocenters. The van der Waals surface area contributed by atoms with Gasteiger partial charge in [-0.3, -0.25) is 0 Å². The van der Waals surface area contributed by atoms with Crippen LogP contribution in [0.1, 0.15) is 160 Å². The van der Waals surface area contributed by atoms with E-state index in [1.165, 1.54) is 44.8 Å². The molecule has 0 bridgehead atoms. The number of hydrogen-bond acceptors (Lipinski definition) is 10. The molecule has 4 fully saturated rings. The lowest BCUT2D eigenvalue weighted by Crippen LogP contribution is -2.22. The predicted molar refractivity (Wildman–Crippen MR) is 316 cm³/mol. The lowest BCUT2D eigenvalue weighted by molar-refractivity contribution is -0.169. The van der Waals surface area contributed by atoms with Gasteiger partial charge in [-0.2, -0.15) is 0 Å². The maximum absolute atomic E-state index is 6.22. The molecule has 0 aromatic heterocycles. The minimum absolute atomic E-state index is 0.128. The van der Waals surface area contributed by atoms with E-state index >= 15 is 0 Å². The smallest absolute Gasteiger partial charge is 0.158 e. The highest BCUT2D eigenvalue weighted by Crippen LogP contribution is 2.43. The van der Waals surface area contributed by atoms with E-state index in [4.69, 9.17) is 37.9 Å². The first-order valence-electron chi connectivity index (χ1n) is 30.1. The van der Waals surface area contributed by atoms with E-state index in [9.17, 15) is 0 Å². The molecular weight excluding hydrogens is 985 g/mol. The second-order valence-electron chi connectivity index (χ2n) is 21.9. The van der Waals surface area contributed by atoms with Gasteiger partial charge in [0.15, 0.2) is 25.2 Å². The largest absolute Gasteiger partial charge is 0.353 e. The van der Waals surface area contributed by atoms with E-state index in [-0.39, 0.29) is 25.2 Å². The minimum Gasteiger partial charge on any atom is -0.353 e. The molecule has 4 saturated heterocycles. The molecule has 4 heterocycles. The maximum atomic E-state index is 6.22. The van der Waals surface area contributed by atoms with Crippen molar-refractivity contribution < 1.29 is 37.9 Å². The van der Waals surface area contributed by atoms with Gasteiger partial charge in [0, 0.05) is 49.2 Å². The van der Waals surface area contributed by atoms with Gasteiger partial charge in [-0.15, -0.1) is 0 Å². The van der Waals surface area contributed by atoms with Gasteiger partial charge in [-0.05, 0) is 213 Å². The summed E-state index contributed by atoms with van der Waals surface area (Å²) in [6.07, 6.45) is 16.7. The molecule has 10 nitrogen and oxygen atoms in total. The zero-order chi connectivity index (χ0) is 54.2. The van der Waals surface area contributed by atoms with Crippen LogP contribution in [0.2, 0.25) is 0 Å². The van der Waals surface area contributed by atoms with Gasteiger partial charge in [0.1, 0.15) is 0 Å². The van der Waals surface area contributed by atoms with Crippen LogP contribution in [0.3, 0.4) is 0 Å². The van der Waals surface area contributed by atoms with Crippen molar-refractivity contribution in [3.8, 4) is 0 Å². The van der Waals surface area contributed by atoms with Gasteiger partial charge in [0.05, 0.1) is 37.8 Å². The van der Waals surface area contributed by atoms with Gasteiger partial charge >= 0.3 is 0 Å². The molecule has 0 aliphatic carbocycles. The summed E-state index contributed by atoms with van der Waals surface area (Å²) in [6, 6.07) is 45.6. The van der Waals surface area contributed by atoms with Gasteiger partial charge in [-0.1, -0.05) is 100 Å². The van der Waals surface area contributed by atoms with Crippen molar-refractivity contribution in [3.63, 3.8) is 0 Å². The monoisotopic (exact) mass is 1070 g/mol. The third-order valence-corrected chi connectivity index (χ3v) is 16.1. The number of rotatable bonds is 24. The van der Waals surface area contributed by atoms with E-state index in [1.54, 1.807) is 0 Å². The number of anilines is 6. The maximum Gasteiger partial charge on any atom is 0.158 e. The molecule has 0 spiro atoms. The molecular formula is C69H86N2O8. The van der Waals surface area contributed by atoms with Crippen LogP contribution in [0.25, 0.3) is 0 Å². The Morgan fingerprint density at radius 3 is 0.772 bits per heavy atom. The fourth-order valence-corrected chi connectivity index (χ4v) is 11.7. The molecule has 6 aromatic rings. The Balaban J connectivity index is 0.950. The Morgan fingerprint density at radius 1 is 0.329 bits per heavy atom. The van der Waals surface area contributed by atoms with Gasteiger partial charge in [0.25, 0.3) is 0 Å². The Morgan fingerprint density at radius 2 is 0.570 bits per heavy atom. The highest BCUT2D eigenvalue weighted by molar-refractivity contribution is 5.83. The highest BCUT2D eigenvalue weighted by Gasteiger charge is 2.25. The molecule has 10 heteroatoms. The molecule has 79 heavy (non-hydrogen) atoms. The van der Waals surface area contributed by atoms with Gasteiger partial charge < -0.3 is 47.7 Å². The summed E-state index contributed by atoms with van der Waals surface area (Å²) in [5, 5.41) is 0. The first-order valence-corrected chi connectivity index (χ1v) is 30.1. The van der Waals surface area contributed by atoms with Crippen molar-refractivity contribution in [2.75, 3.05) is 36.2 Å². The van der Waals surface area contributed by atoms with E-state index in [1.807, 2.05) is 0 Å². The van der Waals surface area contributed by atoms with Crippen molar-refractivity contribution >= 4 is 34.1 Å². The zero-order valence-corrected chi connectivity index (χ0v) is 47.7. The lowest BCUT2D eigenvalue weighted by atomic mass is 9.91. The summed E-state index contributed by atoms with van der Waals surface area (Å²) in [4.78, 5) is 4.93. The van der Waals surface area contributed by atoms with Crippen LogP contribution in [-0.4, -0.2) is 51.6 Å². The Kier molecular flexibility index (Phi) is 20.8. The number of nitrogens with zero attached hydrogens (tertiary/aromatic N) is 2. The van der Waals surface area contributed by atoms with E-state index in [2.05, 4.69) is 159 Å². The fraction of sp³-hybridized carbons (Fsp3) is 0.478. The molecule has 0 saturated carbocycles. The summed E-state index contributed by atoms with van der Waals surface area (Å²) in [6.45, 7) is 14.4. The Hall–Kier alpha value is -5.40. The first kappa shape index (κ1) is 56.9. The first-order chi connectivity index (χ1) is 38.9. The number of ether oxygens (including phenoxy) is 8. The van der Waals surface area contributed by atoms with Crippen LogP contribution >= 0.6 is 0 Å². The van der Waals surface area contributed by atoms with Crippen molar-refractivity contribution in [1.29, 1.82) is 0 Å². The molecule has 0 amide bonds. The van der Waals surface area contributed by atoms with Crippen molar-refractivity contribution in [3.05, 3.63) is 177 Å². The lowest BCUT2D eigenvalue weighted by Gasteiger charge is -2.31. The summed E-state index contributed by atoms with van der Waals surface area (Å²) in [5.41, 5.74) is 19.5. The zero-order valence-electron chi connectivity index (χ0n) is 47.7. The molecule has 4 aliphatic rings. The predicted octanol–water partition coefficient (Wildman–Crippen LogP) is 16.6. The Bertz CT molecular complexity index is 2420. The second kappa shape index (κ2) is 28.8. The summed E-state index contributed by atoms with van der Waals surface area (Å²) in [7, 11) is 0. The van der Waals surface area contributed by atoms with Gasteiger partial charge in [-0.25, -0.2) is 0 Å². The normalized spacial score (nSPS) is 19.8. The molecule has 0 N–H and O–H groups in total. The minimum atomic E-state index is -0.128. The Labute approximate surface area is 471 Å². The highest BCUT2D eigenvalue weighted by atomic mass is 16.7. The number of benzene rings is 6. The summed E-state index contributed by atoms with van der Waals surface area (Å²) < 4.78 is 48.5.